The van der Waals surface area contributed by atoms with Gasteiger partial charge >= 0.3 is 5.97 Å². The molecule has 0 aliphatic carbocycles. The fraction of sp³-hybridized carbons (Fsp3) is 0.235. The van der Waals surface area contributed by atoms with Crippen molar-refractivity contribution in [1.29, 1.82) is 0 Å². The molecule has 1 aliphatic heterocycles. The summed E-state index contributed by atoms with van der Waals surface area (Å²) in [7, 11) is 0. The van der Waals surface area contributed by atoms with E-state index in [-0.39, 0.29) is 6.54 Å². The lowest BCUT2D eigenvalue weighted by atomic mass is 10.0. The van der Waals surface area contributed by atoms with Crippen molar-refractivity contribution < 1.29 is 9.90 Å². The van der Waals surface area contributed by atoms with Gasteiger partial charge < -0.3 is 14.9 Å². The van der Waals surface area contributed by atoms with Crippen LogP contribution in [0.1, 0.15) is 5.56 Å². The molecule has 0 atom stereocenters. The van der Waals surface area contributed by atoms with Gasteiger partial charge in [-0.25, -0.2) is 0 Å². The molecule has 2 aromatic rings. The highest BCUT2D eigenvalue weighted by molar-refractivity contribution is 6.39. The molecule has 0 fully saturated rings. The monoisotopic (exact) mass is 350 g/mol. The van der Waals surface area contributed by atoms with Crippen LogP contribution in [-0.2, 0) is 11.2 Å². The summed E-state index contributed by atoms with van der Waals surface area (Å²) < 4.78 is 0. The number of benzene rings is 2. The predicted molar refractivity (Wildman–Crippen MR) is 92.3 cm³/mol. The maximum absolute atomic E-state index is 10.9. The zero-order valence-electron chi connectivity index (χ0n) is 12.4. The average Bonchev–Trinajstić information content (AvgIpc) is 2.80. The molecule has 0 radical (unpaired) electrons. The Balaban J connectivity index is 1.72. The molecule has 2 aromatic carbocycles. The van der Waals surface area contributed by atoms with Crippen LogP contribution < -0.4 is 0 Å². The van der Waals surface area contributed by atoms with Crippen LogP contribution >= 0.6 is 23.2 Å². The van der Waals surface area contributed by atoms with Crippen molar-refractivity contribution in [3.05, 3.63) is 58.3 Å². The van der Waals surface area contributed by atoms with E-state index < -0.39 is 5.97 Å². The first-order chi connectivity index (χ1) is 11.1. The number of carboxylic acid groups (broad SMARTS) is 1. The van der Waals surface area contributed by atoms with Gasteiger partial charge in [0.25, 0.3) is 0 Å². The summed E-state index contributed by atoms with van der Waals surface area (Å²) >= 11 is 12.3. The van der Waals surface area contributed by atoms with Crippen LogP contribution in [0.5, 0.6) is 0 Å². The Morgan fingerprint density at radius 2 is 1.74 bits per heavy atom. The molecule has 23 heavy (non-hydrogen) atoms. The van der Waals surface area contributed by atoms with Crippen molar-refractivity contribution in [2.24, 2.45) is 0 Å². The number of hydrogen-bond donors (Lipinski definition) is 1. The van der Waals surface area contributed by atoms with E-state index in [9.17, 15) is 4.79 Å². The Bertz CT molecular complexity index is 771. The molecule has 120 valence electrons. The number of hydrogen-bond acceptors (Lipinski definition) is 3. The highest BCUT2D eigenvalue weighted by Gasteiger charge is 2.27. The molecule has 0 amide bonds. The van der Waals surface area contributed by atoms with Crippen LogP contribution in [-0.4, -0.2) is 40.6 Å². The van der Waals surface area contributed by atoms with Crippen LogP contribution in [0.4, 0.5) is 0 Å². The van der Waals surface area contributed by atoms with Crippen LogP contribution in [0.2, 0.25) is 0 Å². The molecule has 0 spiro atoms. The minimum Gasteiger partial charge on any atom is -0.480 e. The van der Waals surface area contributed by atoms with E-state index in [1.54, 1.807) is 4.90 Å². The Kier molecular flexibility index (Phi) is 4.64. The second kappa shape index (κ2) is 6.69. The van der Waals surface area contributed by atoms with Gasteiger partial charge in [-0.2, -0.15) is 0 Å². The summed E-state index contributed by atoms with van der Waals surface area (Å²) in [5.41, 5.74) is 1.24. The van der Waals surface area contributed by atoms with Crippen LogP contribution in [0.15, 0.2) is 52.8 Å². The van der Waals surface area contributed by atoms with E-state index in [0.29, 0.717) is 23.5 Å². The zero-order valence-corrected chi connectivity index (χ0v) is 13.9. The highest BCUT2D eigenvalue weighted by atomic mass is 35.5. The molecule has 1 heterocycles. The minimum atomic E-state index is -0.927. The fourth-order valence-electron chi connectivity index (χ4n) is 2.81. The SMILES string of the molecule is O=C(O)CN1CN(CCc2cccc3ccccc23)C(Cl)=C1Cl. The van der Waals surface area contributed by atoms with Crippen molar-refractivity contribution in [2.75, 3.05) is 19.8 Å². The standard InChI is InChI=1S/C17H16Cl2N2O2/c18-16-17(19)21(10-15(22)23)11-20(16)9-8-13-6-3-5-12-4-1-2-7-14(12)13/h1-7H,8-11H2,(H,22,23). The van der Waals surface area contributed by atoms with Gasteiger partial charge in [0.05, 0.1) is 6.67 Å². The number of carboxylic acids is 1. The van der Waals surface area contributed by atoms with Gasteiger partial charge in [-0.05, 0) is 22.8 Å². The molecule has 0 saturated carbocycles. The molecular weight excluding hydrogens is 335 g/mol. The van der Waals surface area contributed by atoms with Gasteiger partial charge in [0.2, 0.25) is 0 Å². The average molecular weight is 351 g/mol. The van der Waals surface area contributed by atoms with Gasteiger partial charge in [-0.15, -0.1) is 0 Å². The van der Waals surface area contributed by atoms with E-state index in [0.717, 1.165) is 6.42 Å². The second-order valence-electron chi connectivity index (χ2n) is 5.47. The molecule has 0 bridgehead atoms. The molecule has 0 aromatic heterocycles. The van der Waals surface area contributed by atoms with E-state index >= 15 is 0 Å². The summed E-state index contributed by atoms with van der Waals surface area (Å²) in [5.74, 6) is -0.927. The summed E-state index contributed by atoms with van der Waals surface area (Å²) in [6.07, 6.45) is 0.808. The van der Waals surface area contributed by atoms with Crippen LogP contribution in [0.3, 0.4) is 0 Å². The van der Waals surface area contributed by atoms with Gasteiger partial charge in [0, 0.05) is 6.54 Å². The lowest BCUT2D eigenvalue weighted by Crippen LogP contribution is -2.32. The number of fused-ring (bicyclic) bond motifs is 1. The van der Waals surface area contributed by atoms with Crippen LogP contribution in [0, 0.1) is 0 Å². The summed E-state index contributed by atoms with van der Waals surface area (Å²) in [6.45, 7) is 0.924. The summed E-state index contributed by atoms with van der Waals surface area (Å²) in [5, 5.41) is 12.0. The lowest BCUT2D eigenvalue weighted by molar-refractivity contribution is -0.137. The van der Waals surface area contributed by atoms with E-state index in [4.69, 9.17) is 28.3 Å². The fourth-order valence-corrected chi connectivity index (χ4v) is 3.30. The highest BCUT2D eigenvalue weighted by Crippen LogP contribution is 2.29. The molecule has 1 aliphatic rings. The van der Waals surface area contributed by atoms with E-state index in [1.807, 2.05) is 23.1 Å². The number of nitrogens with zero attached hydrogens (tertiary/aromatic N) is 2. The number of carbonyl (C=O) groups is 1. The first-order valence-corrected chi connectivity index (χ1v) is 8.05. The molecule has 0 unspecified atom stereocenters. The first kappa shape index (κ1) is 16.0. The summed E-state index contributed by atoms with van der Waals surface area (Å²) in [4.78, 5) is 14.3. The van der Waals surface area contributed by atoms with Gasteiger partial charge in [-0.3, -0.25) is 4.79 Å². The van der Waals surface area contributed by atoms with Crippen molar-refractivity contribution in [3.8, 4) is 0 Å². The van der Waals surface area contributed by atoms with Gasteiger partial charge in [0.1, 0.15) is 16.9 Å². The predicted octanol–water partition coefficient (Wildman–Crippen LogP) is 3.65. The van der Waals surface area contributed by atoms with Crippen LogP contribution in [0.25, 0.3) is 10.8 Å². The van der Waals surface area contributed by atoms with Crippen molar-refractivity contribution in [2.45, 2.75) is 6.42 Å². The third-order valence-electron chi connectivity index (χ3n) is 3.92. The zero-order chi connectivity index (χ0) is 16.4. The maximum Gasteiger partial charge on any atom is 0.323 e. The molecule has 4 nitrogen and oxygen atoms in total. The van der Waals surface area contributed by atoms with Gasteiger partial charge in [0.15, 0.2) is 0 Å². The minimum absolute atomic E-state index is 0.153. The van der Waals surface area contributed by atoms with Crippen molar-refractivity contribution >= 4 is 39.9 Å². The smallest absolute Gasteiger partial charge is 0.323 e. The molecule has 0 saturated heterocycles. The molecule has 3 rings (SSSR count). The maximum atomic E-state index is 10.9. The Labute approximate surface area is 144 Å². The quantitative estimate of drug-likeness (QED) is 0.836. The normalized spacial score (nSPS) is 14.9. The topological polar surface area (TPSA) is 43.8 Å². The Morgan fingerprint density at radius 3 is 2.52 bits per heavy atom. The number of aliphatic carboxylic acids is 1. The van der Waals surface area contributed by atoms with Crippen molar-refractivity contribution in [3.63, 3.8) is 0 Å². The number of rotatable bonds is 5. The third kappa shape index (κ3) is 3.38. The lowest BCUT2D eigenvalue weighted by Gasteiger charge is -2.21. The second-order valence-corrected chi connectivity index (χ2v) is 6.18. The van der Waals surface area contributed by atoms with E-state index in [2.05, 4.69) is 24.3 Å². The first-order valence-electron chi connectivity index (χ1n) is 7.30. The summed E-state index contributed by atoms with van der Waals surface area (Å²) in [6, 6.07) is 14.5. The molecule has 6 heteroatoms. The Hall–Kier alpha value is -1.91. The van der Waals surface area contributed by atoms with Crippen molar-refractivity contribution in [1.82, 2.24) is 9.80 Å². The van der Waals surface area contributed by atoms with E-state index in [1.165, 1.54) is 16.3 Å². The van der Waals surface area contributed by atoms with Gasteiger partial charge in [-0.1, -0.05) is 65.7 Å². The largest absolute Gasteiger partial charge is 0.480 e. The Morgan fingerprint density at radius 1 is 1.04 bits per heavy atom. The molecule has 1 N–H and O–H groups in total. The third-order valence-corrected chi connectivity index (χ3v) is 4.86. The molecular formula is C17H16Cl2N2O2. The number of halogens is 2.